The molecule has 1 aromatic carbocycles. The fourth-order valence-corrected chi connectivity index (χ4v) is 1.94. The Morgan fingerprint density at radius 1 is 1.35 bits per heavy atom. The van der Waals surface area contributed by atoms with Gasteiger partial charge in [0.1, 0.15) is 6.61 Å². The minimum absolute atomic E-state index is 0.0168. The number of benzene rings is 1. The first-order valence-corrected chi connectivity index (χ1v) is 6.05. The van der Waals surface area contributed by atoms with Gasteiger partial charge in [-0.1, -0.05) is 6.07 Å². The molecular formula is C12H13NO3S. The van der Waals surface area contributed by atoms with Crippen LogP contribution < -0.4 is 9.47 Å². The monoisotopic (exact) mass is 251 g/mol. The Kier molecular flexibility index (Phi) is 3.95. The molecule has 0 aliphatic carbocycles. The Hall–Kier alpha value is -1.59. The molecule has 0 atom stereocenters. The maximum Gasteiger partial charge on any atom is 0.162 e. The van der Waals surface area contributed by atoms with Crippen molar-refractivity contribution in [2.45, 2.75) is 13.2 Å². The standard InChI is InChI=1S/C12H13NO3S/c1-15-11-3-2-9(5-14)4-12(11)16-6-10-7-17-8-13-10/h2-4,7-8,14H,5-6H2,1H3. The molecule has 0 bridgehead atoms. The second-order valence-corrected chi connectivity index (χ2v) is 4.13. The summed E-state index contributed by atoms with van der Waals surface area (Å²) >= 11 is 1.53. The third-order valence-electron chi connectivity index (χ3n) is 2.27. The molecule has 0 aliphatic heterocycles. The van der Waals surface area contributed by atoms with Crippen molar-refractivity contribution in [3.05, 3.63) is 40.3 Å². The SMILES string of the molecule is COc1ccc(CO)cc1OCc1cscn1. The van der Waals surface area contributed by atoms with Crippen molar-refractivity contribution in [2.24, 2.45) is 0 Å². The lowest BCUT2D eigenvalue weighted by molar-refractivity contribution is 0.270. The Labute approximate surface area is 103 Å². The van der Waals surface area contributed by atoms with E-state index in [0.717, 1.165) is 11.3 Å². The van der Waals surface area contributed by atoms with Gasteiger partial charge < -0.3 is 14.6 Å². The number of methoxy groups -OCH3 is 1. The van der Waals surface area contributed by atoms with Crippen LogP contribution in [0.4, 0.5) is 0 Å². The highest BCUT2D eigenvalue weighted by Gasteiger charge is 2.06. The van der Waals surface area contributed by atoms with E-state index in [4.69, 9.17) is 14.6 Å². The van der Waals surface area contributed by atoms with E-state index in [2.05, 4.69) is 4.98 Å². The smallest absolute Gasteiger partial charge is 0.162 e. The molecule has 0 unspecified atom stereocenters. The van der Waals surface area contributed by atoms with Gasteiger partial charge in [-0.2, -0.15) is 0 Å². The number of rotatable bonds is 5. The quantitative estimate of drug-likeness (QED) is 0.885. The lowest BCUT2D eigenvalue weighted by atomic mass is 10.2. The number of hydrogen-bond donors (Lipinski definition) is 1. The van der Waals surface area contributed by atoms with Gasteiger partial charge in [0.05, 0.1) is 24.9 Å². The maximum atomic E-state index is 9.07. The van der Waals surface area contributed by atoms with Crippen molar-refractivity contribution in [1.29, 1.82) is 0 Å². The van der Waals surface area contributed by atoms with Gasteiger partial charge in [-0.15, -0.1) is 11.3 Å². The van der Waals surface area contributed by atoms with Crippen LogP contribution in [-0.4, -0.2) is 17.2 Å². The van der Waals surface area contributed by atoms with Gasteiger partial charge in [-0.05, 0) is 17.7 Å². The van der Waals surface area contributed by atoms with Crippen LogP contribution in [-0.2, 0) is 13.2 Å². The number of aromatic nitrogens is 1. The van der Waals surface area contributed by atoms with E-state index in [-0.39, 0.29) is 6.61 Å². The highest BCUT2D eigenvalue weighted by atomic mass is 32.1. The molecule has 1 N–H and O–H groups in total. The number of ether oxygens (including phenoxy) is 2. The number of aliphatic hydroxyl groups is 1. The fourth-order valence-electron chi connectivity index (χ4n) is 1.39. The lowest BCUT2D eigenvalue weighted by Crippen LogP contribution is -1.98. The third kappa shape index (κ3) is 2.95. The van der Waals surface area contributed by atoms with Crippen molar-refractivity contribution in [3.8, 4) is 11.5 Å². The Morgan fingerprint density at radius 3 is 2.88 bits per heavy atom. The minimum Gasteiger partial charge on any atom is -0.493 e. The molecule has 0 radical (unpaired) electrons. The molecule has 17 heavy (non-hydrogen) atoms. The first-order valence-electron chi connectivity index (χ1n) is 5.11. The summed E-state index contributed by atoms with van der Waals surface area (Å²) in [5, 5.41) is 11.0. The number of aliphatic hydroxyl groups excluding tert-OH is 1. The first-order chi connectivity index (χ1) is 8.33. The summed E-state index contributed by atoms with van der Waals surface area (Å²) in [6.07, 6.45) is 0. The van der Waals surface area contributed by atoms with Crippen LogP contribution in [0.3, 0.4) is 0 Å². The van der Waals surface area contributed by atoms with E-state index < -0.39 is 0 Å². The average Bonchev–Trinajstić information content (AvgIpc) is 2.89. The molecule has 1 aromatic heterocycles. The fraction of sp³-hybridized carbons (Fsp3) is 0.250. The van der Waals surface area contributed by atoms with E-state index in [1.54, 1.807) is 30.8 Å². The van der Waals surface area contributed by atoms with E-state index in [0.29, 0.717) is 18.1 Å². The molecule has 1 heterocycles. The van der Waals surface area contributed by atoms with Crippen molar-refractivity contribution in [2.75, 3.05) is 7.11 Å². The molecule has 0 amide bonds. The summed E-state index contributed by atoms with van der Waals surface area (Å²) in [5.74, 6) is 1.27. The molecule has 90 valence electrons. The molecule has 0 fully saturated rings. The highest BCUT2D eigenvalue weighted by Crippen LogP contribution is 2.28. The van der Waals surface area contributed by atoms with Crippen LogP contribution in [0.5, 0.6) is 11.5 Å². The number of thiazole rings is 1. The number of hydrogen-bond acceptors (Lipinski definition) is 5. The van der Waals surface area contributed by atoms with E-state index in [1.807, 2.05) is 5.38 Å². The van der Waals surface area contributed by atoms with E-state index >= 15 is 0 Å². The van der Waals surface area contributed by atoms with Crippen LogP contribution >= 0.6 is 11.3 Å². The van der Waals surface area contributed by atoms with Crippen LogP contribution in [0.25, 0.3) is 0 Å². The summed E-state index contributed by atoms with van der Waals surface area (Å²) in [7, 11) is 1.59. The number of nitrogens with zero attached hydrogens (tertiary/aromatic N) is 1. The van der Waals surface area contributed by atoms with Gasteiger partial charge in [-0.25, -0.2) is 4.98 Å². The van der Waals surface area contributed by atoms with Crippen molar-refractivity contribution in [3.63, 3.8) is 0 Å². The first kappa shape index (κ1) is 11.9. The van der Waals surface area contributed by atoms with Gasteiger partial charge >= 0.3 is 0 Å². The van der Waals surface area contributed by atoms with E-state index in [1.165, 1.54) is 11.3 Å². The van der Waals surface area contributed by atoms with Crippen molar-refractivity contribution in [1.82, 2.24) is 4.98 Å². The highest BCUT2D eigenvalue weighted by molar-refractivity contribution is 7.07. The summed E-state index contributed by atoms with van der Waals surface area (Å²) in [5.41, 5.74) is 3.44. The summed E-state index contributed by atoms with van der Waals surface area (Å²) in [6.45, 7) is 0.381. The lowest BCUT2D eigenvalue weighted by Gasteiger charge is -2.10. The zero-order valence-corrected chi connectivity index (χ0v) is 10.2. The molecular weight excluding hydrogens is 238 g/mol. The van der Waals surface area contributed by atoms with Crippen molar-refractivity contribution >= 4 is 11.3 Å². The largest absolute Gasteiger partial charge is 0.493 e. The predicted octanol–water partition coefficient (Wildman–Crippen LogP) is 2.22. The Morgan fingerprint density at radius 2 is 2.24 bits per heavy atom. The molecule has 2 rings (SSSR count). The predicted molar refractivity (Wildman–Crippen MR) is 65.4 cm³/mol. The van der Waals surface area contributed by atoms with Crippen LogP contribution in [0.1, 0.15) is 11.3 Å². The normalized spacial score (nSPS) is 10.2. The Balaban J connectivity index is 2.12. The zero-order chi connectivity index (χ0) is 12.1. The summed E-state index contributed by atoms with van der Waals surface area (Å²) in [6, 6.07) is 5.35. The second-order valence-electron chi connectivity index (χ2n) is 3.41. The van der Waals surface area contributed by atoms with Gasteiger partial charge in [0, 0.05) is 5.38 Å². The minimum atomic E-state index is -0.0168. The van der Waals surface area contributed by atoms with Crippen LogP contribution in [0.15, 0.2) is 29.1 Å². The van der Waals surface area contributed by atoms with Gasteiger partial charge in [0.15, 0.2) is 11.5 Å². The van der Waals surface area contributed by atoms with Crippen LogP contribution in [0, 0.1) is 0 Å². The topological polar surface area (TPSA) is 51.6 Å². The third-order valence-corrected chi connectivity index (χ3v) is 2.90. The molecule has 0 saturated carbocycles. The zero-order valence-electron chi connectivity index (χ0n) is 9.42. The second kappa shape index (κ2) is 5.65. The molecule has 2 aromatic rings. The molecule has 5 heteroatoms. The van der Waals surface area contributed by atoms with Gasteiger partial charge in [-0.3, -0.25) is 0 Å². The molecule has 4 nitrogen and oxygen atoms in total. The summed E-state index contributed by atoms with van der Waals surface area (Å²) < 4.78 is 10.8. The average molecular weight is 251 g/mol. The van der Waals surface area contributed by atoms with Crippen molar-refractivity contribution < 1.29 is 14.6 Å². The Bertz CT molecular complexity index is 471. The van der Waals surface area contributed by atoms with Gasteiger partial charge in [0.2, 0.25) is 0 Å². The molecule has 0 spiro atoms. The molecule has 0 saturated heterocycles. The maximum absolute atomic E-state index is 9.07. The molecule has 0 aliphatic rings. The summed E-state index contributed by atoms with van der Waals surface area (Å²) in [4.78, 5) is 4.13. The van der Waals surface area contributed by atoms with E-state index in [9.17, 15) is 0 Å². The van der Waals surface area contributed by atoms with Gasteiger partial charge in [0.25, 0.3) is 0 Å². The van der Waals surface area contributed by atoms with Crippen LogP contribution in [0.2, 0.25) is 0 Å².